The lowest BCUT2D eigenvalue weighted by atomic mass is 10.1. The van der Waals surface area contributed by atoms with E-state index in [2.05, 4.69) is 11.4 Å². The monoisotopic (exact) mass is 205 g/mol. The number of rotatable bonds is 6. The van der Waals surface area contributed by atoms with Crippen molar-refractivity contribution < 1.29 is 4.79 Å². The van der Waals surface area contributed by atoms with Gasteiger partial charge in [-0.05, 0) is 31.0 Å². The first-order chi connectivity index (χ1) is 7.33. The molecule has 1 aromatic carbocycles. The van der Waals surface area contributed by atoms with Gasteiger partial charge in [-0.3, -0.25) is 4.79 Å². The molecular formula is C12H17N2O. The van der Waals surface area contributed by atoms with E-state index in [9.17, 15) is 4.79 Å². The Morgan fingerprint density at radius 3 is 2.73 bits per heavy atom. The Labute approximate surface area is 90.7 Å². The summed E-state index contributed by atoms with van der Waals surface area (Å²) in [5.74, 6) is 0.0678. The van der Waals surface area contributed by atoms with E-state index in [1.165, 1.54) is 0 Å². The first-order valence-electron chi connectivity index (χ1n) is 5.24. The number of carbonyl (C=O) groups excluding carboxylic acids is 1. The highest BCUT2D eigenvalue weighted by atomic mass is 16.1. The van der Waals surface area contributed by atoms with Crippen LogP contribution in [-0.2, 0) is 11.2 Å². The number of carbonyl (C=O) groups is 1. The Bertz CT molecular complexity index is 285. The molecule has 0 atom stereocenters. The van der Waals surface area contributed by atoms with Crippen LogP contribution in [0.5, 0.6) is 0 Å². The van der Waals surface area contributed by atoms with Crippen LogP contribution < -0.4 is 11.1 Å². The van der Waals surface area contributed by atoms with Gasteiger partial charge in [0, 0.05) is 6.54 Å². The normalized spacial score (nSPS) is 9.93. The molecule has 0 spiro atoms. The fourth-order valence-electron chi connectivity index (χ4n) is 1.28. The Hall–Kier alpha value is -1.35. The van der Waals surface area contributed by atoms with Crippen LogP contribution >= 0.6 is 0 Å². The lowest BCUT2D eigenvalue weighted by Gasteiger charge is -2.04. The Kier molecular flexibility index (Phi) is 5.48. The van der Waals surface area contributed by atoms with Crippen molar-refractivity contribution in [3.05, 3.63) is 35.9 Å². The predicted molar refractivity (Wildman–Crippen MR) is 60.3 cm³/mol. The lowest BCUT2D eigenvalue weighted by molar-refractivity contribution is -0.120. The third-order valence-corrected chi connectivity index (χ3v) is 2.11. The van der Waals surface area contributed by atoms with Crippen LogP contribution in [0.2, 0.25) is 0 Å². The molecule has 81 valence electrons. The Morgan fingerprint density at radius 1 is 1.33 bits per heavy atom. The fraction of sp³-hybridized carbons (Fsp3) is 0.417. The van der Waals surface area contributed by atoms with E-state index in [0.717, 1.165) is 24.9 Å². The maximum absolute atomic E-state index is 11.4. The maximum atomic E-state index is 11.4. The largest absolute Gasteiger partial charge is 0.356 e. The van der Waals surface area contributed by atoms with Gasteiger partial charge in [0.1, 0.15) is 0 Å². The Morgan fingerprint density at radius 2 is 2.07 bits per heavy atom. The maximum Gasteiger partial charge on any atom is 0.224 e. The molecule has 0 saturated carbocycles. The van der Waals surface area contributed by atoms with Crippen molar-refractivity contribution >= 4 is 5.91 Å². The van der Waals surface area contributed by atoms with Gasteiger partial charge < -0.3 is 11.1 Å². The van der Waals surface area contributed by atoms with E-state index in [-0.39, 0.29) is 5.91 Å². The molecule has 1 amide bonds. The highest BCUT2D eigenvalue weighted by Gasteiger charge is 2.01. The molecule has 1 aromatic rings. The van der Waals surface area contributed by atoms with Crippen molar-refractivity contribution in [1.82, 2.24) is 5.32 Å². The summed E-state index contributed by atoms with van der Waals surface area (Å²) >= 11 is 0. The average molecular weight is 205 g/mol. The topological polar surface area (TPSA) is 55.1 Å². The third kappa shape index (κ3) is 5.18. The van der Waals surface area contributed by atoms with Gasteiger partial charge in [-0.1, -0.05) is 24.3 Å². The zero-order valence-corrected chi connectivity index (χ0v) is 8.83. The summed E-state index contributed by atoms with van der Waals surface area (Å²) in [5.41, 5.74) is 6.37. The number of hydrogen-bond donors (Lipinski definition) is 2. The second-order valence-corrected chi connectivity index (χ2v) is 3.43. The van der Waals surface area contributed by atoms with Gasteiger partial charge in [0.05, 0.1) is 6.42 Å². The van der Waals surface area contributed by atoms with Gasteiger partial charge in [-0.15, -0.1) is 0 Å². The minimum Gasteiger partial charge on any atom is -0.356 e. The molecule has 3 heteroatoms. The summed E-state index contributed by atoms with van der Waals surface area (Å²) in [5, 5.41) is 2.86. The smallest absolute Gasteiger partial charge is 0.224 e. The minimum absolute atomic E-state index is 0.0678. The Balaban J connectivity index is 2.19. The number of nitrogens with one attached hydrogen (secondary N) is 1. The molecule has 0 fully saturated rings. The molecule has 15 heavy (non-hydrogen) atoms. The summed E-state index contributed by atoms with van der Waals surface area (Å²) < 4.78 is 0. The van der Waals surface area contributed by atoms with Crippen LogP contribution in [0.15, 0.2) is 24.3 Å². The first kappa shape index (κ1) is 11.7. The van der Waals surface area contributed by atoms with E-state index in [0.29, 0.717) is 13.0 Å². The molecular weight excluding hydrogens is 188 g/mol. The second kappa shape index (κ2) is 7.01. The van der Waals surface area contributed by atoms with Crippen molar-refractivity contribution in [2.45, 2.75) is 19.3 Å². The van der Waals surface area contributed by atoms with Gasteiger partial charge in [0.15, 0.2) is 0 Å². The molecule has 0 aliphatic carbocycles. The molecule has 0 saturated heterocycles. The molecule has 3 nitrogen and oxygen atoms in total. The molecule has 0 bridgehead atoms. The summed E-state index contributed by atoms with van der Waals surface area (Å²) in [6.07, 6.45) is 2.35. The standard InChI is InChI=1S/C12H17N2O/c13-8-4-5-9-14-12(15)10-11-6-2-1-3-7-11/h2-3,6-7H,4-5,8-10,13H2,(H,14,15). The molecule has 0 heterocycles. The van der Waals surface area contributed by atoms with E-state index in [1.54, 1.807) is 0 Å². The van der Waals surface area contributed by atoms with E-state index < -0.39 is 0 Å². The average Bonchev–Trinajstić information content (AvgIpc) is 2.26. The SMILES string of the molecule is NCCCCNC(=O)Cc1cc[c]cc1. The molecule has 1 rings (SSSR count). The van der Waals surface area contributed by atoms with Gasteiger partial charge >= 0.3 is 0 Å². The van der Waals surface area contributed by atoms with Crippen molar-refractivity contribution in [1.29, 1.82) is 0 Å². The first-order valence-corrected chi connectivity index (χ1v) is 5.24. The summed E-state index contributed by atoms with van der Waals surface area (Å²) in [6.45, 7) is 1.40. The van der Waals surface area contributed by atoms with E-state index in [4.69, 9.17) is 5.73 Å². The quantitative estimate of drug-likeness (QED) is 0.677. The third-order valence-electron chi connectivity index (χ3n) is 2.11. The lowest BCUT2D eigenvalue weighted by Crippen LogP contribution is -2.26. The number of benzene rings is 1. The van der Waals surface area contributed by atoms with Crippen LogP contribution in [0, 0.1) is 6.07 Å². The summed E-state index contributed by atoms with van der Waals surface area (Å²) in [6, 6.07) is 10.4. The van der Waals surface area contributed by atoms with E-state index in [1.807, 2.05) is 24.3 Å². The number of nitrogens with two attached hydrogens (primary N) is 1. The van der Waals surface area contributed by atoms with Gasteiger partial charge in [-0.2, -0.15) is 0 Å². The highest BCUT2D eigenvalue weighted by Crippen LogP contribution is 1.98. The molecule has 0 unspecified atom stereocenters. The molecule has 0 aromatic heterocycles. The zero-order chi connectivity index (χ0) is 10.9. The van der Waals surface area contributed by atoms with Crippen LogP contribution in [0.1, 0.15) is 18.4 Å². The van der Waals surface area contributed by atoms with Crippen molar-refractivity contribution in [3.63, 3.8) is 0 Å². The van der Waals surface area contributed by atoms with Crippen molar-refractivity contribution in [2.24, 2.45) is 5.73 Å². The summed E-state index contributed by atoms with van der Waals surface area (Å²) in [4.78, 5) is 11.4. The number of unbranched alkanes of at least 4 members (excludes halogenated alkanes) is 1. The van der Waals surface area contributed by atoms with Gasteiger partial charge in [-0.25, -0.2) is 0 Å². The second-order valence-electron chi connectivity index (χ2n) is 3.43. The van der Waals surface area contributed by atoms with E-state index >= 15 is 0 Å². The highest BCUT2D eigenvalue weighted by molar-refractivity contribution is 5.78. The van der Waals surface area contributed by atoms with Crippen LogP contribution in [0.3, 0.4) is 0 Å². The van der Waals surface area contributed by atoms with Crippen LogP contribution in [0.25, 0.3) is 0 Å². The molecule has 0 aliphatic rings. The van der Waals surface area contributed by atoms with Crippen molar-refractivity contribution in [3.8, 4) is 0 Å². The minimum atomic E-state index is 0.0678. The zero-order valence-electron chi connectivity index (χ0n) is 8.83. The predicted octanol–water partition coefficient (Wildman–Crippen LogP) is 0.884. The molecule has 0 aliphatic heterocycles. The van der Waals surface area contributed by atoms with Gasteiger partial charge in [0.2, 0.25) is 5.91 Å². The molecule has 1 radical (unpaired) electrons. The number of hydrogen-bond acceptors (Lipinski definition) is 2. The van der Waals surface area contributed by atoms with Gasteiger partial charge in [0.25, 0.3) is 0 Å². The molecule has 3 N–H and O–H groups in total. The fourth-order valence-corrected chi connectivity index (χ4v) is 1.28. The number of amides is 1. The van der Waals surface area contributed by atoms with Crippen molar-refractivity contribution in [2.75, 3.05) is 13.1 Å². The van der Waals surface area contributed by atoms with Crippen LogP contribution in [-0.4, -0.2) is 19.0 Å². The summed E-state index contributed by atoms with van der Waals surface area (Å²) in [7, 11) is 0. The van der Waals surface area contributed by atoms with Crippen LogP contribution in [0.4, 0.5) is 0 Å².